The van der Waals surface area contributed by atoms with E-state index in [0.29, 0.717) is 12.0 Å². The van der Waals surface area contributed by atoms with Crippen LogP contribution < -0.4 is 0 Å². The highest BCUT2D eigenvalue weighted by Crippen LogP contribution is 2.29. The highest BCUT2D eigenvalue weighted by molar-refractivity contribution is 6.01. The molecule has 166 valence electrons. The molecule has 4 rings (SSSR count). The first-order valence-electron chi connectivity index (χ1n) is 10.1. The lowest BCUT2D eigenvalue weighted by molar-refractivity contribution is -0.137. The van der Waals surface area contributed by atoms with Gasteiger partial charge in [0.25, 0.3) is 5.91 Å². The summed E-state index contributed by atoms with van der Waals surface area (Å²) in [5.74, 6) is -0.225. The van der Waals surface area contributed by atoms with Gasteiger partial charge in [-0.25, -0.2) is 0 Å². The highest BCUT2D eigenvalue weighted by atomic mass is 19.4. The van der Waals surface area contributed by atoms with Gasteiger partial charge in [0.1, 0.15) is 0 Å². The van der Waals surface area contributed by atoms with E-state index in [-0.39, 0.29) is 30.9 Å². The van der Waals surface area contributed by atoms with Crippen molar-refractivity contribution in [3.8, 4) is 0 Å². The maximum atomic E-state index is 13.0. The molecule has 0 N–H and O–H groups in total. The van der Waals surface area contributed by atoms with Crippen LogP contribution in [0.4, 0.5) is 13.2 Å². The van der Waals surface area contributed by atoms with Crippen LogP contribution in [0.3, 0.4) is 0 Å². The summed E-state index contributed by atoms with van der Waals surface area (Å²) in [6, 6.07) is 15.8. The number of oxime groups is 1. The average molecular weight is 442 g/mol. The van der Waals surface area contributed by atoms with Crippen LogP contribution in [0.25, 0.3) is 0 Å². The maximum absolute atomic E-state index is 13.0. The van der Waals surface area contributed by atoms with E-state index in [1.54, 1.807) is 12.1 Å². The van der Waals surface area contributed by atoms with Crippen molar-refractivity contribution in [3.63, 3.8) is 0 Å². The number of nitrogens with zero attached hydrogens (tertiary/aromatic N) is 2. The van der Waals surface area contributed by atoms with E-state index in [1.807, 2.05) is 31.2 Å². The fraction of sp³-hybridized carbons (Fsp3) is 0.250. The summed E-state index contributed by atoms with van der Waals surface area (Å²) >= 11 is 0. The average Bonchev–Trinajstić information content (AvgIpc) is 3.46. The van der Waals surface area contributed by atoms with E-state index in [0.717, 1.165) is 29.0 Å². The van der Waals surface area contributed by atoms with Crippen molar-refractivity contribution >= 4 is 11.6 Å². The fourth-order valence-corrected chi connectivity index (χ4v) is 3.48. The molecule has 2 aromatic carbocycles. The molecule has 0 saturated heterocycles. The molecule has 0 saturated carbocycles. The molecule has 1 aliphatic heterocycles. The summed E-state index contributed by atoms with van der Waals surface area (Å²) in [5, 5.41) is 4.17. The first kappa shape index (κ1) is 21.7. The molecule has 0 bridgehead atoms. The van der Waals surface area contributed by atoms with Crippen molar-refractivity contribution in [2.45, 2.75) is 32.2 Å². The second-order valence-electron chi connectivity index (χ2n) is 7.69. The quantitative estimate of drug-likeness (QED) is 0.511. The Labute approximate surface area is 183 Å². The van der Waals surface area contributed by atoms with Gasteiger partial charge in [0.2, 0.25) is 0 Å². The SMILES string of the molecule is Cc1ccc(C2=NOC(CN(Cc3ccc(C(F)(F)F)cc3)C(=O)c3ccco3)C2)cc1. The van der Waals surface area contributed by atoms with E-state index in [2.05, 4.69) is 5.16 Å². The first-order chi connectivity index (χ1) is 15.3. The molecule has 0 radical (unpaired) electrons. The van der Waals surface area contributed by atoms with Crippen molar-refractivity contribution in [1.29, 1.82) is 0 Å². The Morgan fingerprint density at radius 2 is 1.81 bits per heavy atom. The van der Waals surface area contributed by atoms with Crippen molar-refractivity contribution in [2.24, 2.45) is 5.16 Å². The number of amides is 1. The number of hydrogen-bond donors (Lipinski definition) is 0. The maximum Gasteiger partial charge on any atom is 0.416 e. The van der Waals surface area contributed by atoms with Gasteiger partial charge in [-0.3, -0.25) is 4.79 Å². The first-order valence-corrected chi connectivity index (χ1v) is 10.1. The predicted molar refractivity (Wildman–Crippen MR) is 112 cm³/mol. The van der Waals surface area contributed by atoms with Crippen molar-refractivity contribution < 1.29 is 27.2 Å². The summed E-state index contributed by atoms with van der Waals surface area (Å²) in [5.41, 5.74) is 2.70. The van der Waals surface area contributed by atoms with E-state index in [1.165, 1.54) is 23.3 Å². The largest absolute Gasteiger partial charge is 0.459 e. The fourth-order valence-electron chi connectivity index (χ4n) is 3.48. The Morgan fingerprint density at radius 1 is 1.09 bits per heavy atom. The van der Waals surface area contributed by atoms with Gasteiger partial charge in [0, 0.05) is 13.0 Å². The lowest BCUT2D eigenvalue weighted by atomic mass is 10.0. The van der Waals surface area contributed by atoms with Crippen LogP contribution in [0.1, 0.15) is 39.2 Å². The number of carbonyl (C=O) groups excluding carboxylic acids is 1. The van der Waals surface area contributed by atoms with Crippen LogP contribution in [0.2, 0.25) is 0 Å². The number of carbonyl (C=O) groups is 1. The molecule has 0 fully saturated rings. The number of aryl methyl sites for hydroxylation is 1. The Morgan fingerprint density at radius 3 is 2.44 bits per heavy atom. The second kappa shape index (κ2) is 8.90. The molecule has 0 aliphatic carbocycles. The van der Waals surface area contributed by atoms with Gasteiger partial charge >= 0.3 is 6.18 Å². The summed E-state index contributed by atoms with van der Waals surface area (Å²) in [6.45, 7) is 2.32. The standard InChI is InChI=1S/C24H21F3N2O3/c1-16-4-8-18(9-5-16)21-13-20(32-28-21)15-29(23(30)22-3-2-12-31-22)14-17-6-10-19(11-7-17)24(25,26)27/h2-12,20H,13-15H2,1H3. The van der Waals surface area contributed by atoms with E-state index in [4.69, 9.17) is 9.25 Å². The molecular weight excluding hydrogens is 421 g/mol. The minimum absolute atomic E-state index is 0.109. The van der Waals surface area contributed by atoms with Gasteiger partial charge in [-0.05, 0) is 42.3 Å². The minimum Gasteiger partial charge on any atom is -0.459 e. The third-order valence-corrected chi connectivity index (χ3v) is 5.22. The smallest absolute Gasteiger partial charge is 0.416 e. The molecule has 2 heterocycles. The molecule has 1 aromatic heterocycles. The van der Waals surface area contributed by atoms with Crippen LogP contribution in [0.15, 0.2) is 76.5 Å². The predicted octanol–water partition coefficient (Wildman–Crippen LogP) is 5.44. The van der Waals surface area contributed by atoms with E-state index >= 15 is 0 Å². The molecule has 1 aliphatic rings. The second-order valence-corrected chi connectivity index (χ2v) is 7.69. The zero-order valence-electron chi connectivity index (χ0n) is 17.3. The van der Waals surface area contributed by atoms with Gasteiger partial charge in [0.05, 0.1) is 24.1 Å². The lowest BCUT2D eigenvalue weighted by Crippen LogP contribution is -2.37. The highest BCUT2D eigenvalue weighted by Gasteiger charge is 2.31. The number of alkyl halides is 3. The summed E-state index contributed by atoms with van der Waals surface area (Å²) in [7, 11) is 0. The summed E-state index contributed by atoms with van der Waals surface area (Å²) in [6.07, 6.45) is -2.88. The Balaban J connectivity index is 1.48. The third-order valence-electron chi connectivity index (χ3n) is 5.22. The number of halogens is 3. The van der Waals surface area contributed by atoms with Crippen LogP contribution in [-0.2, 0) is 17.6 Å². The Bertz CT molecular complexity index is 1090. The number of furan rings is 1. The van der Waals surface area contributed by atoms with E-state index < -0.39 is 11.7 Å². The minimum atomic E-state index is -4.41. The molecule has 0 spiro atoms. The van der Waals surface area contributed by atoms with Gasteiger partial charge < -0.3 is 14.2 Å². The molecule has 5 nitrogen and oxygen atoms in total. The summed E-state index contributed by atoms with van der Waals surface area (Å²) < 4.78 is 43.8. The van der Waals surface area contributed by atoms with E-state index in [9.17, 15) is 18.0 Å². The van der Waals surface area contributed by atoms with Crippen LogP contribution in [0.5, 0.6) is 0 Å². The van der Waals surface area contributed by atoms with Crippen LogP contribution >= 0.6 is 0 Å². The third kappa shape index (κ3) is 5.01. The molecule has 1 unspecified atom stereocenters. The Hall–Kier alpha value is -3.55. The van der Waals surface area contributed by atoms with Gasteiger partial charge in [-0.2, -0.15) is 13.2 Å². The van der Waals surface area contributed by atoms with Crippen LogP contribution in [-0.4, -0.2) is 29.2 Å². The summed E-state index contributed by atoms with van der Waals surface area (Å²) in [4.78, 5) is 20.0. The molecule has 3 aromatic rings. The van der Waals surface area contributed by atoms with Gasteiger partial charge in [-0.15, -0.1) is 0 Å². The topological polar surface area (TPSA) is 55.0 Å². The zero-order valence-corrected chi connectivity index (χ0v) is 17.3. The molecule has 8 heteroatoms. The molecule has 1 amide bonds. The van der Waals surface area contributed by atoms with Gasteiger partial charge in [-0.1, -0.05) is 47.1 Å². The van der Waals surface area contributed by atoms with Crippen molar-refractivity contribution in [3.05, 3.63) is 94.9 Å². The Kier molecular flexibility index (Phi) is 6.03. The normalized spacial score (nSPS) is 15.9. The molecule has 1 atom stereocenters. The van der Waals surface area contributed by atoms with Crippen LogP contribution in [0, 0.1) is 6.92 Å². The molecule has 32 heavy (non-hydrogen) atoms. The molecular formula is C24H21F3N2O3. The number of rotatable bonds is 6. The zero-order chi connectivity index (χ0) is 22.7. The van der Waals surface area contributed by atoms with Crippen molar-refractivity contribution in [1.82, 2.24) is 4.90 Å². The monoisotopic (exact) mass is 442 g/mol. The van der Waals surface area contributed by atoms with Gasteiger partial charge in [0.15, 0.2) is 11.9 Å². The van der Waals surface area contributed by atoms with Crippen molar-refractivity contribution in [2.75, 3.05) is 6.54 Å². The lowest BCUT2D eigenvalue weighted by Gasteiger charge is -2.24. The number of benzene rings is 2. The number of hydrogen-bond acceptors (Lipinski definition) is 4.